The van der Waals surface area contributed by atoms with Gasteiger partial charge in [0.25, 0.3) is 5.91 Å². The summed E-state index contributed by atoms with van der Waals surface area (Å²) in [6.45, 7) is 0.346. The molecule has 0 heterocycles. The summed E-state index contributed by atoms with van der Waals surface area (Å²) in [7, 11) is 0. The molecule has 2 nitrogen and oxygen atoms in total. The summed E-state index contributed by atoms with van der Waals surface area (Å²) in [5.74, 6) is 0.359. The van der Waals surface area contributed by atoms with Crippen LogP contribution in [0.15, 0.2) is 48.5 Å². The van der Waals surface area contributed by atoms with Gasteiger partial charge in [-0.15, -0.1) is 0 Å². The number of carbonyl (C=O) groups is 1. The zero-order valence-corrected chi connectivity index (χ0v) is 13.4. The minimum atomic E-state index is -4.42. The Hall–Kier alpha value is -2.02. The van der Waals surface area contributed by atoms with Gasteiger partial charge in [0.1, 0.15) is 5.82 Å². The van der Waals surface area contributed by atoms with Crippen LogP contribution in [0.25, 0.3) is 0 Å². The summed E-state index contributed by atoms with van der Waals surface area (Å²) in [4.78, 5) is 11.8. The molecular weight excluding hydrogens is 342 g/mol. The molecule has 1 N–H and O–H groups in total. The predicted molar refractivity (Wildman–Crippen MR) is 86.3 cm³/mol. The molecule has 2 aromatic rings. The first-order valence-corrected chi connectivity index (χ1v) is 8.30. The van der Waals surface area contributed by atoms with Crippen molar-refractivity contribution in [2.75, 3.05) is 12.3 Å². The van der Waals surface area contributed by atoms with Crippen molar-refractivity contribution in [3.8, 4) is 0 Å². The second-order valence-corrected chi connectivity index (χ2v) is 6.08. The number of halogens is 4. The van der Waals surface area contributed by atoms with Crippen LogP contribution in [0.2, 0.25) is 0 Å². The smallest absolute Gasteiger partial charge is 0.351 e. The van der Waals surface area contributed by atoms with Crippen molar-refractivity contribution in [1.29, 1.82) is 0 Å². The van der Waals surface area contributed by atoms with Gasteiger partial charge in [-0.2, -0.15) is 24.9 Å². The van der Waals surface area contributed by atoms with E-state index >= 15 is 0 Å². The summed E-state index contributed by atoms with van der Waals surface area (Å²) >= 11 is 1.46. The van der Waals surface area contributed by atoms with Crippen LogP contribution < -0.4 is 5.32 Å². The van der Waals surface area contributed by atoms with E-state index in [2.05, 4.69) is 5.32 Å². The van der Waals surface area contributed by atoms with Crippen LogP contribution in [0.4, 0.5) is 17.6 Å². The van der Waals surface area contributed by atoms with Crippen LogP contribution in [-0.2, 0) is 11.9 Å². The average Bonchev–Trinajstić information content (AvgIpc) is 2.55. The van der Waals surface area contributed by atoms with E-state index in [1.807, 2.05) is 0 Å². The molecule has 0 unspecified atom stereocenters. The van der Waals surface area contributed by atoms with E-state index in [1.165, 1.54) is 17.8 Å². The molecule has 0 saturated carbocycles. The van der Waals surface area contributed by atoms with Gasteiger partial charge in [0, 0.05) is 23.6 Å². The van der Waals surface area contributed by atoms with Gasteiger partial charge in [-0.05, 0) is 35.9 Å². The second-order valence-electron chi connectivity index (χ2n) is 4.98. The minimum Gasteiger partial charge on any atom is -0.351 e. The van der Waals surface area contributed by atoms with E-state index in [4.69, 9.17) is 0 Å². The van der Waals surface area contributed by atoms with Gasteiger partial charge in [-0.25, -0.2) is 4.39 Å². The van der Waals surface area contributed by atoms with Crippen LogP contribution in [0.5, 0.6) is 0 Å². The van der Waals surface area contributed by atoms with Crippen LogP contribution in [0.1, 0.15) is 21.5 Å². The van der Waals surface area contributed by atoms with Gasteiger partial charge >= 0.3 is 6.18 Å². The molecule has 0 aliphatic rings. The number of alkyl halides is 3. The van der Waals surface area contributed by atoms with E-state index in [0.717, 1.165) is 24.3 Å². The van der Waals surface area contributed by atoms with Crippen molar-refractivity contribution in [2.45, 2.75) is 11.9 Å². The van der Waals surface area contributed by atoms with Crippen LogP contribution in [0.3, 0.4) is 0 Å². The maximum Gasteiger partial charge on any atom is 0.416 e. The lowest BCUT2D eigenvalue weighted by Crippen LogP contribution is -2.25. The zero-order chi connectivity index (χ0) is 17.6. The number of thioether (sulfide) groups is 1. The van der Waals surface area contributed by atoms with Crippen molar-refractivity contribution in [3.05, 3.63) is 71.0 Å². The van der Waals surface area contributed by atoms with Gasteiger partial charge < -0.3 is 5.32 Å². The summed E-state index contributed by atoms with van der Waals surface area (Å²) in [6.07, 6.45) is -4.42. The Balaban J connectivity index is 1.74. The highest BCUT2D eigenvalue weighted by molar-refractivity contribution is 7.98. The Bertz CT molecular complexity index is 686. The van der Waals surface area contributed by atoms with Crippen molar-refractivity contribution in [1.82, 2.24) is 5.32 Å². The molecule has 7 heteroatoms. The molecule has 0 bridgehead atoms. The largest absolute Gasteiger partial charge is 0.416 e. The van der Waals surface area contributed by atoms with Crippen molar-refractivity contribution >= 4 is 17.7 Å². The monoisotopic (exact) mass is 357 g/mol. The summed E-state index contributed by atoms with van der Waals surface area (Å²) in [5.41, 5.74) is -0.0295. The van der Waals surface area contributed by atoms with Crippen molar-refractivity contribution in [3.63, 3.8) is 0 Å². The Morgan fingerprint density at radius 2 is 1.71 bits per heavy atom. The molecule has 0 aliphatic heterocycles. The number of rotatable bonds is 6. The van der Waals surface area contributed by atoms with Gasteiger partial charge in [0.15, 0.2) is 0 Å². The molecule has 0 atom stereocenters. The van der Waals surface area contributed by atoms with E-state index in [1.54, 1.807) is 18.2 Å². The van der Waals surface area contributed by atoms with Gasteiger partial charge in [-0.3, -0.25) is 4.79 Å². The molecule has 1 amide bonds. The quantitative estimate of drug-likeness (QED) is 0.609. The second kappa shape index (κ2) is 8.19. The molecule has 0 aliphatic carbocycles. The standard InChI is InChI=1S/C17H15F4NOS/c18-15-4-2-1-3-13(15)11-24-10-9-22-16(23)12-5-7-14(8-6-12)17(19,20)21/h1-8H,9-11H2,(H,22,23). The fourth-order valence-electron chi connectivity index (χ4n) is 1.95. The maximum absolute atomic E-state index is 13.4. The number of carbonyl (C=O) groups excluding carboxylic acids is 1. The van der Waals surface area contributed by atoms with E-state index in [0.29, 0.717) is 23.6 Å². The Kier molecular flexibility index (Phi) is 6.25. The van der Waals surface area contributed by atoms with Crippen LogP contribution >= 0.6 is 11.8 Å². The molecule has 0 aromatic heterocycles. The van der Waals surface area contributed by atoms with Gasteiger partial charge in [-0.1, -0.05) is 18.2 Å². The van der Waals surface area contributed by atoms with Crippen molar-refractivity contribution < 1.29 is 22.4 Å². The molecule has 0 saturated heterocycles. The normalized spacial score (nSPS) is 11.3. The molecule has 0 radical (unpaired) electrons. The lowest BCUT2D eigenvalue weighted by atomic mass is 10.1. The van der Waals surface area contributed by atoms with E-state index in [9.17, 15) is 22.4 Å². The molecular formula is C17H15F4NOS. The highest BCUT2D eigenvalue weighted by Gasteiger charge is 2.30. The zero-order valence-electron chi connectivity index (χ0n) is 12.6. The van der Waals surface area contributed by atoms with Gasteiger partial charge in [0.05, 0.1) is 5.56 Å². The third-order valence-electron chi connectivity index (χ3n) is 3.22. The fourth-order valence-corrected chi connectivity index (χ4v) is 2.79. The first-order valence-electron chi connectivity index (χ1n) is 7.14. The summed E-state index contributed by atoms with van der Waals surface area (Å²) in [5, 5.41) is 2.62. The van der Waals surface area contributed by atoms with E-state index < -0.39 is 17.6 Å². The molecule has 0 spiro atoms. The number of benzene rings is 2. The van der Waals surface area contributed by atoms with E-state index in [-0.39, 0.29) is 11.4 Å². The number of amides is 1. The first kappa shape index (κ1) is 18.3. The highest BCUT2D eigenvalue weighted by atomic mass is 32.2. The van der Waals surface area contributed by atoms with Crippen LogP contribution in [-0.4, -0.2) is 18.2 Å². The molecule has 128 valence electrons. The Labute approximate surface area is 141 Å². The topological polar surface area (TPSA) is 29.1 Å². The average molecular weight is 357 g/mol. The minimum absolute atomic E-state index is 0.169. The maximum atomic E-state index is 13.4. The molecule has 24 heavy (non-hydrogen) atoms. The van der Waals surface area contributed by atoms with Gasteiger partial charge in [0.2, 0.25) is 0 Å². The number of nitrogens with one attached hydrogen (secondary N) is 1. The molecule has 2 rings (SSSR count). The number of hydrogen-bond donors (Lipinski definition) is 1. The Morgan fingerprint density at radius 1 is 1.04 bits per heavy atom. The number of hydrogen-bond acceptors (Lipinski definition) is 2. The first-order chi connectivity index (χ1) is 11.4. The third-order valence-corrected chi connectivity index (χ3v) is 4.23. The SMILES string of the molecule is O=C(NCCSCc1ccccc1F)c1ccc(C(F)(F)F)cc1. The fraction of sp³-hybridized carbons (Fsp3) is 0.235. The molecule has 0 fully saturated rings. The molecule has 2 aromatic carbocycles. The van der Waals surface area contributed by atoms with Crippen LogP contribution in [0, 0.1) is 5.82 Å². The Morgan fingerprint density at radius 3 is 2.33 bits per heavy atom. The highest BCUT2D eigenvalue weighted by Crippen LogP contribution is 2.29. The third kappa shape index (κ3) is 5.26. The summed E-state index contributed by atoms with van der Waals surface area (Å²) < 4.78 is 50.7. The lowest BCUT2D eigenvalue weighted by Gasteiger charge is -2.08. The lowest BCUT2D eigenvalue weighted by molar-refractivity contribution is -0.137. The van der Waals surface area contributed by atoms with Crippen molar-refractivity contribution in [2.24, 2.45) is 0 Å². The summed E-state index contributed by atoms with van der Waals surface area (Å²) in [6, 6.07) is 10.5. The predicted octanol–water partition coefficient (Wildman–Crippen LogP) is 4.51.